The van der Waals surface area contributed by atoms with Crippen molar-refractivity contribution in [3.63, 3.8) is 0 Å². The van der Waals surface area contributed by atoms with Gasteiger partial charge in [0.1, 0.15) is 18.1 Å². The van der Waals surface area contributed by atoms with Gasteiger partial charge in [-0.15, -0.1) is 0 Å². The molecule has 1 aromatic heterocycles. The number of aromatic nitrogens is 1. The van der Waals surface area contributed by atoms with Gasteiger partial charge in [-0.3, -0.25) is 9.59 Å². The molecule has 0 unspecified atom stereocenters. The minimum atomic E-state index is -3.73. The number of rotatable bonds is 7. The molecule has 0 spiro atoms. The van der Waals surface area contributed by atoms with Crippen molar-refractivity contribution >= 4 is 43.3 Å². The van der Waals surface area contributed by atoms with E-state index in [4.69, 9.17) is 4.74 Å². The summed E-state index contributed by atoms with van der Waals surface area (Å²) in [6.45, 7) is 1.61. The fourth-order valence-corrected chi connectivity index (χ4v) is 5.14. The molecule has 158 valence electrons. The number of fused-ring (bicyclic) bond motifs is 1. The minimum absolute atomic E-state index is 0.101. The molecule has 0 N–H and O–H groups in total. The third kappa shape index (κ3) is 5.61. The van der Waals surface area contributed by atoms with Crippen LogP contribution in [0.1, 0.15) is 12.5 Å². The van der Waals surface area contributed by atoms with E-state index in [1.807, 2.05) is 0 Å². The van der Waals surface area contributed by atoms with E-state index in [2.05, 4.69) is 4.99 Å². The molecule has 0 aliphatic rings. The summed E-state index contributed by atoms with van der Waals surface area (Å²) in [5.41, 5.74) is 1.06. The van der Waals surface area contributed by atoms with E-state index >= 15 is 0 Å². The van der Waals surface area contributed by atoms with Crippen molar-refractivity contribution in [2.75, 3.05) is 12.4 Å². The number of hydrogen-bond donors (Lipinski definition) is 0. The monoisotopic (exact) mass is 450 g/mol. The van der Waals surface area contributed by atoms with Crippen LogP contribution in [0.15, 0.2) is 53.5 Å². The highest BCUT2D eigenvalue weighted by Gasteiger charge is 2.18. The first kappa shape index (κ1) is 21.8. The largest absolute Gasteiger partial charge is 0.465 e. The zero-order chi connectivity index (χ0) is 21.7. The molecule has 0 fully saturated rings. The zero-order valence-corrected chi connectivity index (χ0v) is 17.7. The van der Waals surface area contributed by atoms with Gasteiger partial charge in [0.25, 0.3) is 5.91 Å². The lowest BCUT2D eigenvalue weighted by Crippen LogP contribution is -2.25. The third-order valence-corrected chi connectivity index (χ3v) is 6.53. The van der Waals surface area contributed by atoms with Crippen LogP contribution < -0.4 is 4.80 Å². The first-order chi connectivity index (χ1) is 14.3. The van der Waals surface area contributed by atoms with E-state index < -0.39 is 33.3 Å². The average Bonchev–Trinajstić information content (AvgIpc) is 2.97. The van der Waals surface area contributed by atoms with E-state index in [-0.39, 0.29) is 23.7 Å². The molecule has 7 nitrogen and oxygen atoms in total. The lowest BCUT2D eigenvalue weighted by atomic mass is 10.2. The van der Waals surface area contributed by atoms with Crippen LogP contribution in [0.5, 0.6) is 0 Å². The Morgan fingerprint density at radius 3 is 2.60 bits per heavy atom. The molecule has 0 atom stereocenters. The number of nitrogens with zero attached hydrogens (tertiary/aromatic N) is 2. The van der Waals surface area contributed by atoms with E-state index in [0.717, 1.165) is 11.3 Å². The average molecular weight is 451 g/mol. The molecule has 3 aromatic rings. The van der Waals surface area contributed by atoms with Crippen LogP contribution >= 0.6 is 11.3 Å². The second-order valence-electron chi connectivity index (χ2n) is 6.41. The number of sulfone groups is 1. The topological polar surface area (TPSA) is 94.8 Å². The van der Waals surface area contributed by atoms with Crippen LogP contribution in [0.2, 0.25) is 0 Å². The Morgan fingerprint density at radius 1 is 1.17 bits per heavy atom. The van der Waals surface area contributed by atoms with Crippen molar-refractivity contribution in [2.24, 2.45) is 4.99 Å². The fraction of sp³-hybridized carbons (Fsp3) is 0.250. The van der Waals surface area contributed by atoms with Crippen molar-refractivity contribution in [3.8, 4) is 0 Å². The highest BCUT2D eigenvalue weighted by molar-refractivity contribution is 7.91. The maximum absolute atomic E-state index is 13.6. The minimum Gasteiger partial charge on any atom is -0.465 e. The summed E-state index contributed by atoms with van der Waals surface area (Å²) in [6, 6.07) is 12.5. The van der Waals surface area contributed by atoms with Gasteiger partial charge in [0.05, 0.1) is 22.6 Å². The molecular formula is C20H19FN2O5S2. The Morgan fingerprint density at radius 2 is 1.90 bits per heavy atom. The van der Waals surface area contributed by atoms with E-state index in [1.54, 1.807) is 37.3 Å². The Balaban J connectivity index is 1.92. The van der Waals surface area contributed by atoms with Crippen LogP contribution in [-0.2, 0) is 36.5 Å². The molecule has 0 saturated carbocycles. The summed E-state index contributed by atoms with van der Waals surface area (Å²) in [5.74, 6) is -2.95. The number of esters is 1. The Kier molecular flexibility index (Phi) is 6.78. The molecule has 0 aliphatic carbocycles. The highest BCUT2D eigenvalue weighted by Crippen LogP contribution is 2.19. The van der Waals surface area contributed by atoms with Crippen LogP contribution in [0.4, 0.5) is 4.39 Å². The zero-order valence-electron chi connectivity index (χ0n) is 16.1. The van der Waals surface area contributed by atoms with Gasteiger partial charge in [-0.25, -0.2) is 12.8 Å². The molecule has 10 heteroatoms. The van der Waals surface area contributed by atoms with Gasteiger partial charge < -0.3 is 9.30 Å². The van der Waals surface area contributed by atoms with Gasteiger partial charge in [-0.1, -0.05) is 41.7 Å². The normalized spacial score (nSPS) is 12.3. The van der Waals surface area contributed by atoms with Crippen molar-refractivity contribution < 1.29 is 27.1 Å². The van der Waals surface area contributed by atoms with Crippen LogP contribution in [0.25, 0.3) is 10.2 Å². The van der Waals surface area contributed by atoms with Gasteiger partial charge in [0.15, 0.2) is 14.6 Å². The first-order valence-corrected chi connectivity index (χ1v) is 11.7. The molecular weight excluding hydrogens is 431 g/mol. The number of hydrogen-bond acceptors (Lipinski definition) is 6. The third-order valence-electron chi connectivity index (χ3n) is 4.03. The van der Waals surface area contributed by atoms with Crippen LogP contribution in [-0.4, -0.2) is 37.2 Å². The quantitative estimate of drug-likeness (QED) is 0.516. The Labute approximate surface area is 176 Å². The molecule has 2 aromatic carbocycles. The number of benzene rings is 2. The maximum Gasteiger partial charge on any atom is 0.326 e. The van der Waals surface area contributed by atoms with Crippen molar-refractivity contribution in [1.29, 1.82) is 0 Å². The molecule has 0 aliphatic heterocycles. The van der Waals surface area contributed by atoms with Gasteiger partial charge in [0, 0.05) is 0 Å². The first-order valence-electron chi connectivity index (χ1n) is 9.04. The Bertz CT molecular complexity index is 1250. The number of carbonyl (C=O) groups excluding carboxylic acids is 2. The van der Waals surface area contributed by atoms with Crippen molar-refractivity contribution in [2.45, 2.75) is 19.2 Å². The van der Waals surface area contributed by atoms with Gasteiger partial charge in [0.2, 0.25) is 0 Å². The van der Waals surface area contributed by atoms with Crippen LogP contribution in [0, 0.1) is 5.82 Å². The lowest BCUT2D eigenvalue weighted by Gasteiger charge is -2.05. The fourth-order valence-electron chi connectivity index (χ4n) is 2.83. The molecule has 30 heavy (non-hydrogen) atoms. The molecule has 0 bridgehead atoms. The van der Waals surface area contributed by atoms with E-state index in [9.17, 15) is 22.4 Å². The second kappa shape index (κ2) is 9.31. The van der Waals surface area contributed by atoms with Crippen molar-refractivity contribution in [3.05, 3.63) is 64.7 Å². The summed E-state index contributed by atoms with van der Waals surface area (Å²) in [6.07, 6.45) is 0. The molecule has 3 rings (SSSR count). The number of thiazole rings is 1. The summed E-state index contributed by atoms with van der Waals surface area (Å²) in [4.78, 5) is 28.3. The second-order valence-corrected chi connectivity index (χ2v) is 9.48. The molecule has 0 saturated heterocycles. The predicted octanol–water partition coefficient (Wildman–Crippen LogP) is 2.45. The van der Waals surface area contributed by atoms with Gasteiger partial charge in [-0.05, 0) is 30.7 Å². The summed E-state index contributed by atoms with van der Waals surface area (Å²) >= 11 is 0.989. The predicted molar refractivity (Wildman–Crippen MR) is 111 cm³/mol. The maximum atomic E-state index is 13.6. The Hall–Kier alpha value is -2.85. The molecule has 0 radical (unpaired) electrons. The molecule has 1 amide bonds. The number of carbonyl (C=O) groups is 2. The van der Waals surface area contributed by atoms with Gasteiger partial charge in [-0.2, -0.15) is 4.99 Å². The standard InChI is InChI=1S/C20H19FN2O5S2/c1-2-28-19(25)11-23-16-9-8-15(21)10-17(16)29-20(23)22-18(24)13-30(26,27)12-14-6-4-3-5-7-14/h3-10H,2,11-13H2,1H3. The number of ether oxygens (including phenoxy) is 1. The number of halogens is 1. The van der Waals surface area contributed by atoms with E-state index in [1.165, 1.54) is 22.8 Å². The number of amides is 1. The summed E-state index contributed by atoms with van der Waals surface area (Å²) < 4.78 is 45.1. The lowest BCUT2D eigenvalue weighted by molar-refractivity contribution is -0.143. The van der Waals surface area contributed by atoms with Crippen LogP contribution in [0.3, 0.4) is 0 Å². The van der Waals surface area contributed by atoms with Crippen molar-refractivity contribution in [1.82, 2.24) is 4.57 Å². The summed E-state index contributed by atoms with van der Waals surface area (Å²) in [7, 11) is -3.73. The van der Waals surface area contributed by atoms with E-state index in [0.29, 0.717) is 15.8 Å². The highest BCUT2D eigenvalue weighted by atomic mass is 32.2. The SMILES string of the molecule is CCOC(=O)Cn1c(=NC(=O)CS(=O)(=O)Cc2ccccc2)sc2cc(F)ccc21. The molecule has 1 heterocycles. The summed E-state index contributed by atoms with van der Waals surface area (Å²) in [5, 5.41) is 0. The smallest absolute Gasteiger partial charge is 0.326 e. The van der Waals surface area contributed by atoms with Gasteiger partial charge >= 0.3 is 5.97 Å².